The molecule has 6 nitrogen and oxygen atoms in total. The van der Waals surface area contributed by atoms with E-state index < -0.39 is 11.7 Å². The zero-order chi connectivity index (χ0) is 18.7. The van der Waals surface area contributed by atoms with Crippen molar-refractivity contribution in [2.24, 2.45) is 0 Å². The highest BCUT2D eigenvalue weighted by molar-refractivity contribution is 6.08. The number of halogens is 1. The average molecular weight is 354 g/mol. The molecule has 1 aromatic carbocycles. The van der Waals surface area contributed by atoms with E-state index >= 15 is 0 Å². The van der Waals surface area contributed by atoms with Crippen LogP contribution in [0.2, 0.25) is 0 Å². The molecule has 2 heterocycles. The SMILES string of the molecule is CCC(C)NC(=O)c1nc(C(=O)Nc2cccc(F)c2)c2ccccn12. The van der Waals surface area contributed by atoms with E-state index in [2.05, 4.69) is 15.6 Å². The van der Waals surface area contributed by atoms with Crippen molar-refractivity contribution < 1.29 is 14.0 Å². The third-order valence-electron chi connectivity index (χ3n) is 4.04. The molecule has 134 valence electrons. The lowest BCUT2D eigenvalue weighted by molar-refractivity contribution is 0.0928. The molecule has 0 aliphatic carbocycles. The predicted molar refractivity (Wildman–Crippen MR) is 96.8 cm³/mol. The summed E-state index contributed by atoms with van der Waals surface area (Å²) in [5.74, 6) is -1.19. The van der Waals surface area contributed by atoms with E-state index in [1.807, 2.05) is 13.8 Å². The van der Waals surface area contributed by atoms with E-state index in [9.17, 15) is 14.0 Å². The first-order valence-electron chi connectivity index (χ1n) is 8.34. The molecule has 0 aliphatic rings. The van der Waals surface area contributed by atoms with E-state index in [0.717, 1.165) is 6.42 Å². The molecule has 0 spiro atoms. The summed E-state index contributed by atoms with van der Waals surface area (Å²) < 4.78 is 14.9. The van der Waals surface area contributed by atoms with Gasteiger partial charge in [-0.15, -0.1) is 0 Å². The summed E-state index contributed by atoms with van der Waals surface area (Å²) >= 11 is 0. The number of benzene rings is 1. The van der Waals surface area contributed by atoms with Gasteiger partial charge in [0.15, 0.2) is 5.69 Å². The number of carbonyl (C=O) groups excluding carboxylic acids is 2. The maximum absolute atomic E-state index is 13.3. The van der Waals surface area contributed by atoms with Crippen LogP contribution in [-0.2, 0) is 0 Å². The lowest BCUT2D eigenvalue weighted by Gasteiger charge is -2.10. The predicted octanol–water partition coefficient (Wildman–Crippen LogP) is 3.25. The quantitative estimate of drug-likeness (QED) is 0.738. The van der Waals surface area contributed by atoms with Crippen LogP contribution in [0.5, 0.6) is 0 Å². The summed E-state index contributed by atoms with van der Waals surface area (Å²) in [6, 6.07) is 10.8. The Morgan fingerprint density at radius 1 is 1.19 bits per heavy atom. The second kappa shape index (κ2) is 7.35. The Bertz CT molecular complexity index is 967. The van der Waals surface area contributed by atoms with Crippen molar-refractivity contribution in [3.05, 3.63) is 66.0 Å². The van der Waals surface area contributed by atoms with Gasteiger partial charge < -0.3 is 10.6 Å². The minimum atomic E-state index is -0.512. The van der Waals surface area contributed by atoms with E-state index in [-0.39, 0.29) is 23.5 Å². The molecular weight excluding hydrogens is 335 g/mol. The van der Waals surface area contributed by atoms with Crippen molar-refractivity contribution in [3.8, 4) is 0 Å². The van der Waals surface area contributed by atoms with Crippen LogP contribution < -0.4 is 10.6 Å². The fourth-order valence-corrected chi connectivity index (χ4v) is 2.51. The van der Waals surface area contributed by atoms with Gasteiger partial charge >= 0.3 is 0 Å². The van der Waals surface area contributed by atoms with Gasteiger partial charge in [0.1, 0.15) is 5.82 Å². The Labute approximate surface area is 150 Å². The van der Waals surface area contributed by atoms with Crippen molar-refractivity contribution in [2.45, 2.75) is 26.3 Å². The summed E-state index contributed by atoms with van der Waals surface area (Å²) in [5, 5.41) is 5.45. The number of nitrogens with one attached hydrogen (secondary N) is 2. The van der Waals surface area contributed by atoms with E-state index in [0.29, 0.717) is 11.2 Å². The van der Waals surface area contributed by atoms with Crippen molar-refractivity contribution in [3.63, 3.8) is 0 Å². The topological polar surface area (TPSA) is 75.5 Å². The van der Waals surface area contributed by atoms with E-state index in [1.54, 1.807) is 34.9 Å². The lowest BCUT2D eigenvalue weighted by atomic mass is 10.2. The molecule has 0 aliphatic heterocycles. The molecule has 2 amide bonds. The number of hydrogen-bond donors (Lipinski definition) is 2. The zero-order valence-corrected chi connectivity index (χ0v) is 14.5. The Hall–Kier alpha value is -3.22. The highest BCUT2D eigenvalue weighted by Crippen LogP contribution is 2.16. The van der Waals surface area contributed by atoms with Gasteiger partial charge in [0.2, 0.25) is 5.82 Å². The number of pyridine rings is 1. The van der Waals surface area contributed by atoms with Gasteiger partial charge in [-0.05, 0) is 43.7 Å². The normalized spacial score (nSPS) is 12.0. The molecule has 1 atom stereocenters. The zero-order valence-electron chi connectivity index (χ0n) is 14.5. The summed E-state index contributed by atoms with van der Waals surface area (Å²) in [4.78, 5) is 29.3. The first-order chi connectivity index (χ1) is 12.5. The first-order valence-corrected chi connectivity index (χ1v) is 8.34. The molecule has 3 rings (SSSR count). The monoisotopic (exact) mass is 354 g/mol. The number of anilines is 1. The average Bonchev–Trinajstić information content (AvgIpc) is 3.01. The maximum Gasteiger partial charge on any atom is 0.287 e. The minimum absolute atomic E-state index is 0.0110. The summed E-state index contributed by atoms with van der Waals surface area (Å²) in [6.45, 7) is 3.86. The van der Waals surface area contributed by atoms with E-state index in [1.165, 1.54) is 18.2 Å². The standard InChI is InChI=1S/C19H19FN4O2/c1-3-12(2)21-19(26)17-23-16(15-9-4-5-10-24(15)17)18(25)22-14-8-6-7-13(20)11-14/h4-12H,3H2,1-2H3,(H,21,26)(H,22,25). The number of amides is 2. The second-order valence-electron chi connectivity index (χ2n) is 5.99. The molecular formula is C19H19FN4O2. The minimum Gasteiger partial charge on any atom is -0.347 e. The van der Waals surface area contributed by atoms with Gasteiger partial charge in [-0.1, -0.05) is 19.1 Å². The number of carbonyl (C=O) groups is 2. The number of nitrogens with zero attached hydrogens (tertiary/aromatic N) is 2. The third kappa shape index (κ3) is 3.56. The van der Waals surface area contributed by atoms with Crippen LogP contribution in [0.25, 0.3) is 5.52 Å². The highest BCUT2D eigenvalue weighted by atomic mass is 19.1. The molecule has 3 aromatic rings. The van der Waals surface area contributed by atoms with Crippen LogP contribution in [0.3, 0.4) is 0 Å². The van der Waals surface area contributed by atoms with Crippen LogP contribution in [0.4, 0.5) is 10.1 Å². The Balaban J connectivity index is 1.96. The van der Waals surface area contributed by atoms with Gasteiger partial charge in [-0.3, -0.25) is 14.0 Å². The molecule has 2 N–H and O–H groups in total. The smallest absolute Gasteiger partial charge is 0.287 e. The fraction of sp³-hybridized carbons (Fsp3) is 0.211. The molecule has 0 fully saturated rings. The molecule has 0 saturated carbocycles. The Morgan fingerprint density at radius 3 is 2.73 bits per heavy atom. The number of rotatable bonds is 5. The summed E-state index contributed by atoms with van der Waals surface area (Å²) in [5.41, 5.74) is 0.914. The molecule has 0 radical (unpaired) electrons. The van der Waals surface area contributed by atoms with Crippen molar-refractivity contribution in [1.29, 1.82) is 0 Å². The number of aromatic nitrogens is 2. The van der Waals surface area contributed by atoms with Gasteiger partial charge in [-0.2, -0.15) is 0 Å². The van der Waals surface area contributed by atoms with Gasteiger partial charge in [0, 0.05) is 17.9 Å². The largest absolute Gasteiger partial charge is 0.347 e. The number of imidazole rings is 1. The summed E-state index contributed by atoms with van der Waals surface area (Å²) in [7, 11) is 0. The first kappa shape index (κ1) is 17.6. The molecule has 7 heteroatoms. The molecule has 2 aromatic heterocycles. The molecule has 26 heavy (non-hydrogen) atoms. The molecule has 1 unspecified atom stereocenters. The van der Waals surface area contributed by atoms with Crippen molar-refractivity contribution >= 4 is 23.0 Å². The number of fused-ring (bicyclic) bond motifs is 1. The Morgan fingerprint density at radius 2 is 2.00 bits per heavy atom. The van der Waals surface area contributed by atoms with Crippen molar-refractivity contribution in [1.82, 2.24) is 14.7 Å². The Kier molecular flexibility index (Phi) is 4.97. The molecule has 0 saturated heterocycles. The van der Waals surface area contributed by atoms with Crippen LogP contribution >= 0.6 is 0 Å². The fourth-order valence-electron chi connectivity index (χ4n) is 2.51. The van der Waals surface area contributed by atoms with Gasteiger partial charge in [0.25, 0.3) is 11.8 Å². The van der Waals surface area contributed by atoms with Crippen LogP contribution in [-0.4, -0.2) is 27.2 Å². The molecule has 0 bridgehead atoms. The lowest BCUT2D eigenvalue weighted by Crippen LogP contribution is -2.33. The van der Waals surface area contributed by atoms with Crippen LogP contribution in [0.1, 0.15) is 41.4 Å². The summed E-state index contributed by atoms with van der Waals surface area (Å²) in [6.07, 6.45) is 2.45. The van der Waals surface area contributed by atoms with Crippen molar-refractivity contribution in [2.75, 3.05) is 5.32 Å². The van der Waals surface area contributed by atoms with Crippen LogP contribution in [0, 0.1) is 5.82 Å². The van der Waals surface area contributed by atoms with Crippen LogP contribution in [0.15, 0.2) is 48.7 Å². The van der Waals surface area contributed by atoms with Gasteiger partial charge in [0.05, 0.1) is 5.52 Å². The van der Waals surface area contributed by atoms with Gasteiger partial charge in [-0.25, -0.2) is 9.37 Å². The third-order valence-corrected chi connectivity index (χ3v) is 4.04. The highest BCUT2D eigenvalue weighted by Gasteiger charge is 2.22. The second-order valence-corrected chi connectivity index (χ2v) is 5.99. The maximum atomic E-state index is 13.3. The number of hydrogen-bond acceptors (Lipinski definition) is 3. The van der Waals surface area contributed by atoms with E-state index in [4.69, 9.17) is 0 Å².